The second-order valence-electron chi connectivity index (χ2n) is 3.89. The molecule has 0 N–H and O–H groups in total. The lowest BCUT2D eigenvalue weighted by Gasteiger charge is -2.11. The normalized spacial score (nSPS) is 10.6. The molecule has 1 heterocycles. The van der Waals surface area contributed by atoms with Gasteiger partial charge in [0.25, 0.3) is 0 Å². The van der Waals surface area contributed by atoms with Crippen LogP contribution in [0, 0.1) is 12.7 Å². The molecule has 100 valence electrons. The molecule has 3 nitrogen and oxygen atoms in total. The SMILES string of the molecule is CCc1nc(Cl)c(C)c(Oc2cc(F)ccc2Cl)n1. The minimum atomic E-state index is -0.437. The Morgan fingerprint density at radius 1 is 1.26 bits per heavy atom. The zero-order chi connectivity index (χ0) is 14.0. The summed E-state index contributed by atoms with van der Waals surface area (Å²) in [6.45, 7) is 3.63. The highest BCUT2D eigenvalue weighted by atomic mass is 35.5. The van der Waals surface area contributed by atoms with E-state index in [0.29, 0.717) is 28.0 Å². The summed E-state index contributed by atoms with van der Waals surface area (Å²) >= 11 is 11.9. The summed E-state index contributed by atoms with van der Waals surface area (Å²) in [5.74, 6) is 0.594. The van der Waals surface area contributed by atoms with Crippen LogP contribution in [0.25, 0.3) is 0 Å². The van der Waals surface area contributed by atoms with Crippen molar-refractivity contribution in [3.63, 3.8) is 0 Å². The Morgan fingerprint density at radius 2 is 2.00 bits per heavy atom. The number of aromatic nitrogens is 2. The summed E-state index contributed by atoms with van der Waals surface area (Å²) in [4.78, 5) is 8.32. The van der Waals surface area contributed by atoms with E-state index >= 15 is 0 Å². The van der Waals surface area contributed by atoms with Gasteiger partial charge in [0.1, 0.15) is 16.8 Å². The molecule has 1 aromatic carbocycles. The molecule has 0 saturated carbocycles. The number of hydrogen-bond donors (Lipinski definition) is 0. The van der Waals surface area contributed by atoms with Crippen molar-refractivity contribution in [3.05, 3.63) is 45.6 Å². The van der Waals surface area contributed by atoms with Crippen LogP contribution in [0.5, 0.6) is 11.6 Å². The van der Waals surface area contributed by atoms with Gasteiger partial charge in [-0.15, -0.1) is 0 Å². The van der Waals surface area contributed by atoms with Crippen molar-refractivity contribution >= 4 is 23.2 Å². The molecule has 0 saturated heterocycles. The van der Waals surface area contributed by atoms with Crippen LogP contribution in [0.4, 0.5) is 4.39 Å². The number of ether oxygens (including phenoxy) is 1. The van der Waals surface area contributed by atoms with Crippen LogP contribution in [0.15, 0.2) is 18.2 Å². The van der Waals surface area contributed by atoms with Crippen LogP contribution >= 0.6 is 23.2 Å². The lowest BCUT2D eigenvalue weighted by Crippen LogP contribution is -2.00. The van der Waals surface area contributed by atoms with E-state index in [0.717, 1.165) is 0 Å². The zero-order valence-corrected chi connectivity index (χ0v) is 11.9. The maximum atomic E-state index is 13.2. The standard InChI is InChI=1S/C13H11Cl2FN2O/c1-3-11-17-12(15)7(2)13(18-11)19-10-6-8(16)4-5-9(10)14/h4-6H,3H2,1-2H3. The Morgan fingerprint density at radius 3 is 2.68 bits per heavy atom. The number of rotatable bonds is 3. The van der Waals surface area contributed by atoms with E-state index in [4.69, 9.17) is 27.9 Å². The second-order valence-corrected chi connectivity index (χ2v) is 4.66. The van der Waals surface area contributed by atoms with E-state index < -0.39 is 5.82 Å². The maximum absolute atomic E-state index is 13.2. The summed E-state index contributed by atoms with van der Waals surface area (Å²) in [6, 6.07) is 3.88. The first-order valence-electron chi connectivity index (χ1n) is 5.67. The number of hydrogen-bond acceptors (Lipinski definition) is 3. The van der Waals surface area contributed by atoms with Gasteiger partial charge in [0, 0.05) is 18.1 Å². The van der Waals surface area contributed by atoms with Gasteiger partial charge in [0.2, 0.25) is 5.88 Å². The minimum absolute atomic E-state index is 0.196. The molecule has 0 atom stereocenters. The Balaban J connectivity index is 2.42. The number of nitrogens with zero attached hydrogens (tertiary/aromatic N) is 2. The average Bonchev–Trinajstić information content (AvgIpc) is 2.38. The van der Waals surface area contributed by atoms with Gasteiger partial charge in [-0.05, 0) is 19.1 Å². The largest absolute Gasteiger partial charge is 0.437 e. The minimum Gasteiger partial charge on any atom is -0.437 e. The van der Waals surface area contributed by atoms with Crippen molar-refractivity contribution in [1.29, 1.82) is 0 Å². The summed E-state index contributed by atoms with van der Waals surface area (Å²) in [5.41, 5.74) is 0.583. The first kappa shape index (κ1) is 14.0. The Labute approximate surface area is 120 Å². The van der Waals surface area contributed by atoms with Crippen LogP contribution in [0.1, 0.15) is 18.3 Å². The predicted molar refractivity (Wildman–Crippen MR) is 72.6 cm³/mol. The fraction of sp³-hybridized carbons (Fsp3) is 0.231. The maximum Gasteiger partial charge on any atom is 0.227 e. The van der Waals surface area contributed by atoms with E-state index in [1.165, 1.54) is 18.2 Å². The van der Waals surface area contributed by atoms with Gasteiger partial charge in [0.15, 0.2) is 5.75 Å². The van der Waals surface area contributed by atoms with Crippen LogP contribution in [0.3, 0.4) is 0 Å². The molecular formula is C13H11Cl2FN2O. The van der Waals surface area contributed by atoms with Crippen molar-refractivity contribution in [3.8, 4) is 11.6 Å². The first-order chi connectivity index (χ1) is 9.01. The van der Waals surface area contributed by atoms with E-state index in [9.17, 15) is 4.39 Å². The number of benzene rings is 1. The first-order valence-corrected chi connectivity index (χ1v) is 6.42. The molecule has 0 aliphatic rings. The van der Waals surface area contributed by atoms with Crippen LogP contribution in [-0.2, 0) is 6.42 Å². The van der Waals surface area contributed by atoms with Crippen LogP contribution in [-0.4, -0.2) is 9.97 Å². The molecule has 0 spiro atoms. The fourth-order valence-electron chi connectivity index (χ4n) is 1.43. The molecular weight excluding hydrogens is 290 g/mol. The third-order valence-corrected chi connectivity index (χ3v) is 3.18. The van der Waals surface area contributed by atoms with Gasteiger partial charge in [-0.25, -0.2) is 9.37 Å². The monoisotopic (exact) mass is 300 g/mol. The van der Waals surface area contributed by atoms with E-state index in [-0.39, 0.29) is 11.6 Å². The summed E-state index contributed by atoms with van der Waals surface area (Å²) in [7, 11) is 0. The Kier molecular flexibility index (Phi) is 4.22. The summed E-state index contributed by atoms with van der Waals surface area (Å²) < 4.78 is 18.7. The zero-order valence-electron chi connectivity index (χ0n) is 10.4. The van der Waals surface area contributed by atoms with Crippen LogP contribution < -0.4 is 4.74 Å². The van der Waals surface area contributed by atoms with E-state index in [2.05, 4.69) is 9.97 Å². The number of aryl methyl sites for hydroxylation is 1. The van der Waals surface area contributed by atoms with E-state index in [1.807, 2.05) is 6.92 Å². The molecule has 6 heteroatoms. The smallest absolute Gasteiger partial charge is 0.227 e. The molecule has 0 bridgehead atoms. The van der Waals surface area contributed by atoms with Crippen molar-refractivity contribution in [1.82, 2.24) is 9.97 Å². The van der Waals surface area contributed by atoms with Gasteiger partial charge >= 0.3 is 0 Å². The molecule has 2 aromatic rings. The molecule has 0 radical (unpaired) electrons. The third kappa shape index (κ3) is 3.14. The van der Waals surface area contributed by atoms with Crippen molar-refractivity contribution in [2.45, 2.75) is 20.3 Å². The molecule has 0 aliphatic carbocycles. The van der Waals surface area contributed by atoms with Gasteiger partial charge in [-0.1, -0.05) is 30.1 Å². The van der Waals surface area contributed by atoms with Crippen molar-refractivity contribution in [2.75, 3.05) is 0 Å². The molecule has 19 heavy (non-hydrogen) atoms. The van der Waals surface area contributed by atoms with E-state index in [1.54, 1.807) is 6.92 Å². The Bertz CT molecular complexity index is 620. The van der Waals surface area contributed by atoms with Crippen molar-refractivity contribution < 1.29 is 9.13 Å². The Hall–Kier alpha value is -1.39. The summed E-state index contributed by atoms with van der Waals surface area (Å²) in [5, 5.41) is 0.614. The topological polar surface area (TPSA) is 35.0 Å². The van der Waals surface area contributed by atoms with Gasteiger partial charge in [-0.2, -0.15) is 4.98 Å². The van der Waals surface area contributed by atoms with Crippen molar-refractivity contribution in [2.24, 2.45) is 0 Å². The quantitative estimate of drug-likeness (QED) is 0.778. The molecule has 0 unspecified atom stereocenters. The average molecular weight is 301 g/mol. The highest BCUT2D eigenvalue weighted by Crippen LogP contribution is 2.32. The lowest BCUT2D eigenvalue weighted by molar-refractivity contribution is 0.450. The molecule has 1 aromatic heterocycles. The van der Waals surface area contributed by atoms with Gasteiger partial charge in [0.05, 0.1) is 5.02 Å². The second kappa shape index (κ2) is 5.72. The highest BCUT2D eigenvalue weighted by Gasteiger charge is 2.13. The predicted octanol–water partition coefficient (Wildman–Crippen LogP) is 4.59. The molecule has 0 aliphatic heterocycles. The summed E-state index contributed by atoms with van der Waals surface area (Å²) in [6.07, 6.45) is 0.618. The van der Waals surface area contributed by atoms with Gasteiger partial charge in [-0.3, -0.25) is 0 Å². The third-order valence-electron chi connectivity index (χ3n) is 2.50. The number of halogens is 3. The van der Waals surface area contributed by atoms with Crippen LogP contribution in [0.2, 0.25) is 10.2 Å². The molecule has 2 rings (SSSR count). The highest BCUT2D eigenvalue weighted by molar-refractivity contribution is 6.32. The van der Waals surface area contributed by atoms with Gasteiger partial charge < -0.3 is 4.74 Å². The molecule has 0 amide bonds. The fourth-order valence-corrected chi connectivity index (χ4v) is 1.76. The lowest BCUT2D eigenvalue weighted by atomic mass is 10.3. The molecule has 0 fully saturated rings.